The molecule has 33 heavy (non-hydrogen) atoms. The van der Waals surface area contributed by atoms with E-state index < -0.39 is 72.8 Å². The summed E-state index contributed by atoms with van der Waals surface area (Å²) in [5, 5.41) is 0. The van der Waals surface area contributed by atoms with Gasteiger partial charge in [0.15, 0.2) is 0 Å². The van der Waals surface area contributed by atoms with Crippen molar-refractivity contribution < 1.29 is 84.7 Å². The van der Waals surface area contributed by atoms with Crippen LogP contribution in [0, 0.1) is 0 Å². The van der Waals surface area contributed by atoms with Gasteiger partial charge in [-0.1, -0.05) is 0 Å². The maximum absolute atomic E-state index is 11.5. The van der Waals surface area contributed by atoms with Gasteiger partial charge < -0.3 is 9.47 Å². The largest absolute Gasteiger partial charge is 0.466 e. The molecule has 0 bridgehead atoms. The van der Waals surface area contributed by atoms with E-state index in [1.807, 2.05) is 27.7 Å². The number of Topliss-reactive ketones (excluding diaryl/α,β-unsaturated/α-hetero) is 2. The van der Waals surface area contributed by atoms with Gasteiger partial charge >= 0.3 is 93.9 Å². The average molecular weight is 578 g/mol. The van der Waals surface area contributed by atoms with Gasteiger partial charge in [0, 0.05) is 0 Å². The number of carbonyl (C=O) groups excluding carboxylic acids is 4. The summed E-state index contributed by atoms with van der Waals surface area (Å²) >= 11 is -0.929. The molecule has 194 valence electrons. The SMILES string of the molecule is CC(C)[O][Zr][O]C(C)C.CCOC(=O)CC(=O)C(F)(F)F.CCOC(=O)CC(=O)C(F)(F)F. The van der Waals surface area contributed by atoms with E-state index >= 15 is 0 Å². The molecule has 0 spiro atoms. The summed E-state index contributed by atoms with van der Waals surface area (Å²) in [5.41, 5.74) is 0. The van der Waals surface area contributed by atoms with Gasteiger partial charge in [-0.15, -0.1) is 0 Å². The first-order valence-corrected chi connectivity index (χ1v) is 11.5. The minimum absolute atomic E-state index is 0.0377. The van der Waals surface area contributed by atoms with Gasteiger partial charge in [-0.25, -0.2) is 0 Å². The summed E-state index contributed by atoms with van der Waals surface area (Å²) in [7, 11) is 0. The molecule has 0 N–H and O–H groups in total. The van der Waals surface area contributed by atoms with Gasteiger partial charge in [0.05, 0.1) is 13.2 Å². The molecule has 0 aliphatic heterocycles. The summed E-state index contributed by atoms with van der Waals surface area (Å²) in [5.74, 6) is -6.47. The molecule has 8 nitrogen and oxygen atoms in total. The number of hydrogen-bond acceptors (Lipinski definition) is 8. The molecular weight excluding hydrogens is 549 g/mol. The van der Waals surface area contributed by atoms with Gasteiger partial charge in [0.25, 0.3) is 0 Å². The molecular formula is C18H28F6O8Zr. The summed E-state index contributed by atoms with van der Waals surface area (Å²) in [6, 6.07) is 0. The fourth-order valence-corrected chi connectivity index (χ4v) is 2.19. The quantitative estimate of drug-likeness (QED) is 0.219. The zero-order valence-electron chi connectivity index (χ0n) is 19.0. The minimum Gasteiger partial charge on any atom is -0.466 e. The molecule has 0 aromatic rings. The number of ketones is 2. The Balaban J connectivity index is -0.000000414. The number of rotatable bonds is 10. The first kappa shape index (κ1) is 36.2. The van der Waals surface area contributed by atoms with Crippen LogP contribution in [0.1, 0.15) is 54.4 Å². The Morgan fingerprint density at radius 1 is 0.667 bits per heavy atom. The Hall–Kier alpha value is -1.34. The van der Waals surface area contributed by atoms with Crippen molar-refractivity contribution in [3.05, 3.63) is 0 Å². The predicted molar refractivity (Wildman–Crippen MR) is 97.1 cm³/mol. The fourth-order valence-electron chi connectivity index (χ4n) is 1.11. The fraction of sp³-hybridized carbons (Fsp3) is 0.778. The first-order valence-electron chi connectivity index (χ1n) is 9.45. The van der Waals surface area contributed by atoms with Crippen LogP contribution in [0.2, 0.25) is 0 Å². The molecule has 0 aromatic carbocycles. The van der Waals surface area contributed by atoms with Crippen molar-refractivity contribution in [3.63, 3.8) is 0 Å². The van der Waals surface area contributed by atoms with Gasteiger partial charge in [0.2, 0.25) is 11.6 Å². The Morgan fingerprint density at radius 3 is 1.12 bits per heavy atom. The second-order valence-electron chi connectivity index (χ2n) is 6.22. The summed E-state index contributed by atoms with van der Waals surface area (Å²) in [4.78, 5) is 41.0. The van der Waals surface area contributed by atoms with E-state index in [1.165, 1.54) is 13.8 Å². The third kappa shape index (κ3) is 26.8. The summed E-state index contributed by atoms with van der Waals surface area (Å²) in [6.07, 6.45) is -11.7. The second kappa shape index (κ2) is 19.0. The van der Waals surface area contributed by atoms with Crippen molar-refractivity contribution in [2.24, 2.45) is 0 Å². The van der Waals surface area contributed by atoms with E-state index in [0.717, 1.165) is 0 Å². The smallest absolute Gasteiger partial charge is 0.450 e. The van der Waals surface area contributed by atoms with Gasteiger partial charge in [-0.2, -0.15) is 26.3 Å². The minimum atomic E-state index is -4.95. The second-order valence-corrected chi connectivity index (χ2v) is 7.79. The molecule has 0 radical (unpaired) electrons. The van der Waals surface area contributed by atoms with Gasteiger partial charge in [-0.3, -0.25) is 19.2 Å². The Labute approximate surface area is 200 Å². The molecule has 0 aromatic heterocycles. The standard InChI is InChI=1S/2C6H7F3O3.2C3H7O.Zr/c2*1-2-12-5(11)3-4(10)6(7,8)9;2*1-3(2)4;/h2*2-3H2,1H3;2*3H,1-2H3;/q;;2*-1;+2. The maximum atomic E-state index is 11.5. The first-order chi connectivity index (χ1) is 14.9. The van der Waals surface area contributed by atoms with Gasteiger partial charge in [-0.05, 0) is 13.8 Å². The number of esters is 2. The number of halogens is 6. The molecule has 0 unspecified atom stereocenters. The molecule has 0 saturated carbocycles. The van der Waals surface area contributed by atoms with Crippen molar-refractivity contribution in [2.75, 3.05) is 13.2 Å². The monoisotopic (exact) mass is 576 g/mol. The van der Waals surface area contributed by atoms with Crippen molar-refractivity contribution in [1.29, 1.82) is 0 Å². The topological polar surface area (TPSA) is 105 Å². The van der Waals surface area contributed by atoms with Crippen molar-refractivity contribution >= 4 is 23.5 Å². The van der Waals surface area contributed by atoms with Crippen LogP contribution in [0.4, 0.5) is 26.3 Å². The Bertz CT molecular complexity index is 541. The zero-order valence-corrected chi connectivity index (χ0v) is 21.5. The Morgan fingerprint density at radius 2 is 0.939 bits per heavy atom. The van der Waals surface area contributed by atoms with Crippen molar-refractivity contribution in [2.45, 2.75) is 78.9 Å². The average Bonchev–Trinajstić information content (AvgIpc) is 2.60. The van der Waals surface area contributed by atoms with Crippen LogP contribution in [0.15, 0.2) is 0 Å². The number of alkyl halides is 6. The normalized spacial score (nSPS) is 11.0. The maximum Gasteiger partial charge on any atom is 0.450 e. The summed E-state index contributed by atoms with van der Waals surface area (Å²) < 4.78 is 87.9. The number of hydrogen-bond donors (Lipinski definition) is 0. The molecule has 0 aliphatic rings. The molecule has 0 atom stereocenters. The molecule has 0 amide bonds. The molecule has 0 aliphatic carbocycles. The third-order valence-electron chi connectivity index (χ3n) is 2.42. The van der Waals surface area contributed by atoms with Crippen molar-refractivity contribution in [1.82, 2.24) is 0 Å². The van der Waals surface area contributed by atoms with E-state index in [-0.39, 0.29) is 13.2 Å². The zero-order chi connectivity index (χ0) is 26.8. The van der Waals surface area contributed by atoms with E-state index in [9.17, 15) is 45.5 Å². The Kier molecular flexibility index (Phi) is 20.9. The van der Waals surface area contributed by atoms with Crippen LogP contribution < -0.4 is 0 Å². The molecule has 15 heteroatoms. The van der Waals surface area contributed by atoms with Crippen LogP contribution in [0.3, 0.4) is 0 Å². The van der Waals surface area contributed by atoms with Crippen LogP contribution in [-0.4, -0.2) is 61.3 Å². The van der Waals surface area contributed by atoms with E-state index in [1.54, 1.807) is 0 Å². The number of ether oxygens (including phenoxy) is 2. The molecule has 0 rings (SSSR count). The van der Waals surface area contributed by atoms with E-state index in [2.05, 4.69) is 9.47 Å². The van der Waals surface area contributed by atoms with E-state index in [0.29, 0.717) is 12.2 Å². The van der Waals surface area contributed by atoms with Gasteiger partial charge in [0.1, 0.15) is 12.8 Å². The molecule has 0 heterocycles. The molecule has 0 fully saturated rings. The molecule has 0 saturated heterocycles. The summed E-state index contributed by atoms with van der Waals surface area (Å²) in [6.45, 7) is 10.9. The van der Waals surface area contributed by atoms with E-state index in [4.69, 9.17) is 5.63 Å². The number of carbonyl (C=O) groups is 4. The van der Waals surface area contributed by atoms with Crippen LogP contribution in [-0.2, 0) is 58.4 Å². The van der Waals surface area contributed by atoms with Crippen LogP contribution in [0.25, 0.3) is 0 Å². The van der Waals surface area contributed by atoms with Crippen LogP contribution in [0.5, 0.6) is 0 Å². The van der Waals surface area contributed by atoms with Crippen LogP contribution >= 0.6 is 0 Å². The predicted octanol–water partition coefficient (Wildman–Crippen LogP) is 3.89. The third-order valence-corrected chi connectivity index (χ3v) is 5.21. The van der Waals surface area contributed by atoms with Crippen molar-refractivity contribution in [3.8, 4) is 0 Å².